The highest BCUT2D eigenvalue weighted by Crippen LogP contribution is 2.11. The third-order valence-electron chi connectivity index (χ3n) is 3.70. The number of benzene rings is 1. The second kappa shape index (κ2) is 9.60. The summed E-state index contributed by atoms with van der Waals surface area (Å²) in [6.07, 6.45) is 4.41. The van der Waals surface area contributed by atoms with Gasteiger partial charge in [0.1, 0.15) is 5.82 Å². The lowest BCUT2D eigenvalue weighted by atomic mass is 10.0. The van der Waals surface area contributed by atoms with Crippen molar-refractivity contribution in [1.82, 2.24) is 4.98 Å². The van der Waals surface area contributed by atoms with E-state index in [1.807, 2.05) is 33.0 Å². The summed E-state index contributed by atoms with van der Waals surface area (Å²) in [5, 5.41) is 7.82. The van der Waals surface area contributed by atoms with Crippen LogP contribution < -0.4 is 5.73 Å². The van der Waals surface area contributed by atoms with Crippen LogP contribution in [0.3, 0.4) is 0 Å². The number of rotatable bonds is 4. The van der Waals surface area contributed by atoms with Gasteiger partial charge in [0.25, 0.3) is 0 Å². The summed E-state index contributed by atoms with van der Waals surface area (Å²) in [5.41, 5.74) is 9.89. The number of nitrogens with one attached hydrogen (secondary N) is 1. The molecule has 24 heavy (non-hydrogen) atoms. The molecule has 0 aliphatic carbocycles. The Balaban J connectivity index is 0.000000300. The molecule has 2 aromatic rings. The number of halogens is 1. The number of aryl methyl sites for hydroxylation is 2. The maximum absolute atomic E-state index is 12.7. The van der Waals surface area contributed by atoms with E-state index in [0.29, 0.717) is 17.0 Å². The molecule has 0 amide bonds. The van der Waals surface area contributed by atoms with Crippen molar-refractivity contribution in [2.75, 3.05) is 0 Å². The topological polar surface area (TPSA) is 62.8 Å². The van der Waals surface area contributed by atoms with Crippen molar-refractivity contribution >= 4 is 5.71 Å². The molecule has 128 valence electrons. The number of nitrogens with zero attached hydrogens (tertiary/aromatic N) is 1. The van der Waals surface area contributed by atoms with Crippen molar-refractivity contribution in [3.05, 3.63) is 77.0 Å². The number of hydrogen-bond donors (Lipinski definition) is 2. The largest absolute Gasteiger partial charge is 0.402 e. The monoisotopic (exact) mass is 327 g/mol. The minimum Gasteiger partial charge on any atom is -0.402 e. The van der Waals surface area contributed by atoms with E-state index >= 15 is 0 Å². The molecule has 3 N–H and O–H groups in total. The van der Waals surface area contributed by atoms with Gasteiger partial charge in [-0.05, 0) is 79.8 Å². The van der Waals surface area contributed by atoms with Gasteiger partial charge in [-0.2, -0.15) is 0 Å². The van der Waals surface area contributed by atoms with Crippen LogP contribution in [0.5, 0.6) is 0 Å². The molecule has 1 aromatic heterocycles. The second-order valence-electron chi connectivity index (χ2n) is 5.85. The van der Waals surface area contributed by atoms with Gasteiger partial charge in [-0.3, -0.25) is 4.98 Å². The molecule has 0 aliphatic heterocycles. The van der Waals surface area contributed by atoms with Crippen LogP contribution in [-0.2, 0) is 0 Å². The fraction of sp³-hybridized carbons (Fsp3) is 0.300. The number of aromatic nitrogens is 1. The van der Waals surface area contributed by atoms with Gasteiger partial charge in [0.2, 0.25) is 0 Å². The van der Waals surface area contributed by atoms with Crippen LogP contribution in [0.2, 0.25) is 0 Å². The molecule has 1 aromatic carbocycles. The lowest BCUT2D eigenvalue weighted by Gasteiger charge is -2.09. The number of allylic oxidation sites excluding steroid dienone is 2. The van der Waals surface area contributed by atoms with Crippen molar-refractivity contribution in [2.24, 2.45) is 11.7 Å². The van der Waals surface area contributed by atoms with Gasteiger partial charge in [-0.25, -0.2) is 4.39 Å². The molecule has 0 saturated carbocycles. The fourth-order valence-electron chi connectivity index (χ4n) is 1.94. The molecule has 4 heteroatoms. The minimum absolute atomic E-state index is 0.265. The molecule has 0 aliphatic rings. The van der Waals surface area contributed by atoms with Crippen LogP contribution in [0, 0.1) is 31.0 Å². The number of nitrogens with two attached hydrogens (primary N) is 1. The van der Waals surface area contributed by atoms with Gasteiger partial charge in [-0.1, -0.05) is 13.8 Å². The third-order valence-corrected chi connectivity index (χ3v) is 3.70. The normalized spacial score (nSPS) is 12.1. The lowest BCUT2D eigenvalue weighted by Crippen LogP contribution is -2.10. The molecule has 2 rings (SSSR count). The van der Waals surface area contributed by atoms with E-state index in [-0.39, 0.29) is 11.7 Å². The maximum Gasteiger partial charge on any atom is 0.123 e. The van der Waals surface area contributed by atoms with Gasteiger partial charge >= 0.3 is 0 Å². The summed E-state index contributed by atoms with van der Waals surface area (Å²) in [7, 11) is 0. The Morgan fingerprint density at radius 1 is 1.25 bits per heavy atom. The van der Waals surface area contributed by atoms with Gasteiger partial charge in [0.15, 0.2) is 0 Å². The molecule has 0 fully saturated rings. The van der Waals surface area contributed by atoms with Crippen LogP contribution >= 0.6 is 0 Å². The van der Waals surface area contributed by atoms with Crippen LogP contribution in [0.15, 0.2) is 54.4 Å². The first-order chi connectivity index (χ1) is 11.3. The van der Waals surface area contributed by atoms with E-state index < -0.39 is 0 Å². The molecule has 1 atom stereocenters. The van der Waals surface area contributed by atoms with E-state index in [1.54, 1.807) is 18.2 Å². The predicted molar refractivity (Wildman–Crippen MR) is 98.7 cm³/mol. The highest BCUT2D eigenvalue weighted by Gasteiger charge is 2.04. The Morgan fingerprint density at radius 3 is 2.33 bits per heavy atom. The van der Waals surface area contributed by atoms with Crippen LogP contribution in [0.4, 0.5) is 4.39 Å². The molecule has 0 bridgehead atoms. The first-order valence-corrected chi connectivity index (χ1v) is 8.04. The summed E-state index contributed by atoms with van der Waals surface area (Å²) in [6, 6.07) is 9.90. The predicted octanol–water partition coefficient (Wildman–Crippen LogP) is 4.78. The average molecular weight is 327 g/mol. The SMILES string of the molecule is CCC(C)/C(N)=C/C(=N)c1ccc(F)cc1.Cc1ccnc(C)c1. The van der Waals surface area contributed by atoms with E-state index in [0.717, 1.165) is 12.1 Å². The molecular weight excluding hydrogens is 301 g/mol. The van der Waals surface area contributed by atoms with E-state index in [1.165, 1.54) is 17.7 Å². The van der Waals surface area contributed by atoms with E-state index in [9.17, 15) is 4.39 Å². The van der Waals surface area contributed by atoms with Crippen molar-refractivity contribution in [3.63, 3.8) is 0 Å². The van der Waals surface area contributed by atoms with Gasteiger partial charge in [-0.15, -0.1) is 0 Å². The molecule has 1 heterocycles. The first-order valence-electron chi connectivity index (χ1n) is 8.04. The number of hydrogen-bond acceptors (Lipinski definition) is 3. The molecule has 0 saturated heterocycles. The second-order valence-corrected chi connectivity index (χ2v) is 5.85. The summed E-state index contributed by atoms with van der Waals surface area (Å²) < 4.78 is 12.7. The molecule has 0 radical (unpaired) electrons. The Kier molecular flexibility index (Phi) is 7.83. The van der Waals surface area contributed by atoms with Crippen LogP contribution in [0.1, 0.15) is 37.1 Å². The third kappa shape index (κ3) is 6.73. The zero-order valence-corrected chi connectivity index (χ0v) is 14.8. The van der Waals surface area contributed by atoms with E-state index in [4.69, 9.17) is 11.1 Å². The summed E-state index contributed by atoms with van der Waals surface area (Å²) >= 11 is 0. The van der Waals surface area contributed by atoms with Crippen molar-refractivity contribution < 1.29 is 4.39 Å². The van der Waals surface area contributed by atoms with Gasteiger partial charge in [0.05, 0.1) is 5.71 Å². The Labute approximate surface area is 143 Å². The lowest BCUT2D eigenvalue weighted by molar-refractivity contribution is 0.628. The smallest absolute Gasteiger partial charge is 0.123 e. The van der Waals surface area contributed by atoms with Crippen molar-refractivity contribution in [1.29, 1.82) is 5.41 Å². The Hall–Kier alpha value is -2.49. The van der Waals surface area contributed by atoms with Crippen LogP contribution in [0.25, 0.3) is 0 Å². The minimum atomic E-state index is -0.296. The quantitative estimate of drug-likeness (QED) is 0.794. The van der Waals surface area contributed by atoms with Gasteiger partial charge < -0.3 is 11.1 Å². The maximum atomic E-state index is 12.7. The average Bonchev–Trinajstić information content (AvgIpc) is 2.55. The zero-order chi connectivity index (χ0) is 18.1. The highest BCUT2D eigenvalue weighted by molar-refractivity contribution is 6.06. The Morgan fingerprint density at radius 2 is 1.88 bits per heavy atom. The van der Waals surface area contributed by atoms with E-state index in [2.05, 4.69) is 18.0 Å². The standard InChI is InChI=1S/C13H17FN2.C7H9N/c1-3-9(2)12(15)8-13(16)10-4-6-11(14)7-5-10;1-6-3-4-8-7(2)5-6/h4-9,16H,3,15H2,1-2H3;3-5H,1-2H3/b12-8-,16-13?;. The summed E-state index contributed by atoms with van der Waals surface area (Å²) in [4.78, 5) is 4.04. The zero-order valence-electron chi connectivity index (χ0n) is 14.8. The van der Waals surface area contributed by atoms with Crippen molar-refractivity contribution in [2.45, 2.75) is 34.1 Å². The fourth-order valence-corrected chi connectivity index (χ4v) is 1.94. The molecular formula is C20H26FN3. The molecule has 1 unspecified atom stereocenters. The highest BCUT2D eigenvalue weighted by atomic mass is 19.1. The molecule has 0 spiro atoms. The molecule has 3 nitrogen and oxygen atoms in total. The van der Waals surface area contributed by atoms with Crippen molar-refractivity contribution in [3.8, 4) is 0 Å². The summed E-state index contributed by atoms with van der Waals surface area (Å²) in [6.45, 7) is 8.12. The summed E-state index contributed by atoms with van der Waals surface area (Å²) in [5.74, 6) is -0.0313. The van der Waals surface area contributed by atoms with Gasteiger partial charge in [0, 0.05) is 17.6 Å². The first kappa shape index (κ1) is 19.6. The van der Waals surface area contributed by atoms with Crippen LogP contribution in [-0.4, -0.2) is 10.7 Å². The Bertz CT molecular complexity index is 673. The number of pyridine rings is 1.